The first-order valence-electron chi connectivity index (χ1n) is 6.68. The number of nitrogens with two attached hydrogens (primary N) is 1. The fourth-order valence-corrected chi connectivity index (χ4v) is 2.62. The van der Waals surface area contributed by atoms with E-state index in [1.54, 1.807) is 0 Å². The summed E-state index contributed by atoms with van der Waals surface area (Å²) in [6.45, 7) is 4.81. The normalized spacial score (nSPS) is 20.5. The summed E-state index contributed by atoms with van der Waals surface area (Å²) in [5, 5.41) is 0. The summed E-state index contributed by atoms with van der Waals surface area (Å²) in [7, 11) is 4.33. The molecule has 1 unspecified atom stereocenters. The smallest absolute Gasteiger partial charge is 0.0446 e. The van der Waals surface area contributed by atoms with Gasteiger partial charge in [0.1, 0.15) is 0 Å². The van der Waals surface area contributed by atoms with E-state index in [-0.39, 0.29) is 0 Å². The van der Waals surface area contributed by atoms with Gasteiger partial charge in [0.05, 0.1) is 0 Å². The predicted octanol–water partition coefficient (Wildman–Crippen LogP) is 1.38. The molecule has 1 fully saturated rings. The maximum absolute atomic E-state index is 5.82. The average molecular weight is 248 g/mol. The van der Waals surface area contributed by atoms with Crippen LogP contribution in [0.4, 0.5) is 5.69 Å². The van der Waals surface area contributed by atoms with Crippen LogP contribution in [0.15, 0.2) is 12.3 Å². The van der Waals surface area contributed by atoms with Gasteiger partial charge in [-0.2, -0.15) is 0 Å². The van der Waals surface area contributed by atoms with Crippen molar-refractivity contribution in [2.24, 2.45) is 5.73 Å². The quantitative estimate of drug-likeness (QED) is 0.878. The van der Waals surface area contributed by atoms with Crippen LogP contribution in [0, 0.1) is 6.92 Å². The minimum absolute atomic E-state index is 0.561. The molecule has 1 aromatic heterocycles. The highest BCUT2D eigenvalue weighted by molar-refractivity contribution is 5.54. The van der Waals surface area contributed by atoms with Crippen molar-refractivity contribution < 1.29 is 0 Å². The molecule has 0 spiro atoms. The summed E-state index contributed by atoms with van der Waals surface area (Å²) >= 11 is 0. The molecule has 100 valence electrons. The Balaban J connectivity index is 2.22. The molecular formula is C14H24N4. The fourth-order valence-electron chi connectivity index (χ4n) is 2.62. The van der Waals surface area contributed by atoms with Crippen LogP contribution >= 0.6 is 0 Å². The third-order valence-corrected chi connectivity index (χ3v) is 3.79. The molecule has 2 heterocycles. The number of likely N-dealkylation sites (N-methyl/N-ethyl adjacent to an activating group) is 1. The lowest BCUT2D eigenvalue weighted by Gasteiger charge is -2.38. The number of rotatable bonds is 3. The first-order chi connectivity index (χ1) is 8.61. The Hall–Kier alpha value is -1.13. The summed E-state index contributed by atoms with van der Waals surface area (Å²) in [4.78, 5) is 9.13. The monoisotopic (exact) mass is 248 g/mol. The Labute approximate surface area is 110 Å². The number of hydrogen-bond donors (Lipinski definition) is 1. The van der Waals surface area contributed by atoms with Gasteiger partial charge in [0.25, 0.3) is 0 Å². The number of aryl methyl sites for hydroxylation is 1. The van der Waals surface area contributed by atoms with E-state index in [1.807, 2.05) is 13.1 Å². The summed E-state index contributed by atoms with van der Waals surface area (Å²) in [5.74, 6) is 0. The molecular weight excluding hydrogens is 224 g/mol. The van der Waals surface area contributed by atoms with Gasteiger partial charge in [0.2, 0.25) is 0 Å². The van der Waals surface area contributed by atoms with Crippen molar-refractivity contribution >= 4 is 5.69 Å². The lowest BCUT2D eigenvalue weighted by molar-refractivity contribution is 0.258. The number of nitrogens with zero attached hydrogens (tertiary/aromatic N) is 3. The van der Waals surface area contributed by atoms with E-state index in [9.17, 15) is 0 Å². The third kappa shape index (κ3) is 2.82. The number of hydrogen-bond acceptors (Lipinski definition) is 4. The molecule has 2 N–H and O–H groups in total. The van der Waals surface area contributed by atoms with E-state index in [4.69, 9.17) is 5.73 Å². The lowest BCUT2D eigenvalue weighted by Crippen LogP contribution is -2.45. The average Bonchev–Trinajstić information content (AvgIpc) is 2.39. The Morgan fingerprint density at radius 2 is 2.28 bits per heavy atom. The minimum atomic E-state index is 0.561. The molecule has 1 atom stereocenters. The highest BCUT2D eigenvalue weighted by Crippen LogP contribution is 2.25. The SMILES string of the molecule is Cc1cc(N2CCCC(N(C)C)C2)c(CN)cn1. The fraction of sp³-hybridized carbons (Fsp3) is 0.643. The third-order valence-electron chi connectivity index (χ3n) is 3.79. The van der Waals surface area contributed by atoms with Crippen LogP contribution in [0.25, 0.3) is 0 Å². The molecule has 0 amide bonds. The molecule has 1 aliphatic heterocycles. The number of anilines is 1. The van der Waals surface area contributed by atoms with Gasteiger partial charge in [-0.15, -0.1) is 0 Å². The van der Waals surface area contributed by atoms with Crippen LogP contribution in [-0.2, 0) is 6.54 Å². The molecule has 0 aromatic carbocycles. The van der Waals surface area contributed by atoms with Gasteiger partial charge >= 0.3 is 0 Å². The van der Waals surface area contributed by atoms with Crippen molar-refractivity contribution in [3.63, 3.8) is 0 Å². The molecule has 18 heavy (non-hydrogen) atoms. The van der Waals surface area contributed by atoms with Crippen molar-refractivity contribution in [3.05, 3.63) is 23.5 Å². The zero-order valence-corrected chi connectivity index (χ0v) is 11.7. The van der Waals surface area contributed by atoms with Crippen molar-refractivity contribution in [1.29, 1.82) is 0 Å². The molecule has 0 radical (unpaired) electrons. The Kier molecular flexibility index (Phi) is 4.19. The second-order valence-corrected chi connectivity index (χ2v) is 5.36. The maximum Gasteiger partial charge on any atom is 0.0446 e. The zero-order chi connectivity index (χ0) is 13.1. The van der Waals surface area contributed by atoms with Gasteiger partial charge in [0.15, 0.2) is 0 Å². The van der Waals surface area contributed by atoms with Gasteiger partial charge in [-0.05, 0) is 39.9 Å². The largest absolute Gasteiger partial charge is 0.370 e. The van der Waals surface area contributed by atoms with E-state index >= 15 is 0 Å². The summed E-state index contributed by atoms with van der Waals surface area (Å²) < 4.78 is 0. The summed E-state index contributed by atoms with van der Waals surface area (Å²) in [5.41, 5.74) is 9.32. The summed E-state index contributed by atoms with van der Waals surface area (Å²) in [6.07, 6.45) is 4.45. The van der Waals surface area contributed by atoms with E-state index < -0.39 is 0 Å². The van der Waals surface area contributed by atoms with Crippen LogP contribution in [-0.4, -0.2) is 43.1 Å². The van der Waals surface area contributed by atoms with Crippen LogP contribution in [0.1, 0.15) is 24.1 Å². The van der Waals surface area contributed by atoms with E-state index in [1.165, 1.54) is 18.5 Å². The topological polar surface area (TPSA) is 45.4 Å². The lowest BCUT2D eigenvalue weighted by atomic mass is 10.0. The van der Waals surface area contributed by atoms with Crippen molar-refractivity contribution in [1.82, 2.24) is 9.88 Å². The molecule has 0 aliphatic carbocycles. The van der Waals surface area contributed by atoms with Crippen LogP contribution in [0.5, 0.6) is 0 Å². The summed E-state index contributed by atoms with van der Waals surface area (Å²) in [6, 6.07) is 2.80. The van der Waals surface area contributed by atoms with Crippen molar-refractivity contribution in [3.8, 4) is 0 Å². The van der Waals surface area contributed by atoms with Crippen LogP contribution in [0.2, 0.25) is 0 Å². The Bertz CT molecular complexity index is 403. The molecule has 1 saturated heterocycles. The number of piperidine rings is 1. The van der Waals surface area contributed by atoms with Crippen molar-refractivity contribution in [2.75, 3.05) is 32.1 Å². The van der Waals surface area contributed by atoms with E-state index in [2.05, 4.69) is 34.9 Å². The van der Waals surface area contributed by atoms with Gasteiger partial charge in [-0.1, -0.05) is 0 Å². The second-order valence-electron chi connectivity index (χ2n) is 5.36. The second kappa shape index (κ2) is 5.67. The Morgan fingerprint density at radius 1 is 1.50 bits per heavy atom. The molecule has 1 aromatic rings. The predicted molar refractivity (Wildman–Crippen MR) is 75.8 cm³/mol. The van der Waals surface area contributed by atoms with E-state index in [0.717, 1.165) is 24.3 Å². The molecule has 4 heteroatoms. The molecule has 0 bridgehead atoms. The first-order valence-corrected chi connectivity index (χ1v) is 6.68. The van der Waals surface area contributed by atoms with Gasteiger partial charge in [0, 0.05) is 48.8 Å². The molecule has 0 saturated carbocycles. The van der Waals surface area contributed by atoms with Crippen LogP contribution in [0.3, 0.4) is 0 Å². The highest BCUT2D eigenvalue weighted by atomic mass is 15.2. The number of pyridine rings is 1. The zero-order valence-electron chi connectivity index (χ0n) is 11.7. The van der Waals surface area contributed by atoms with Gasteiger partial charge < -0.3 is 15.5 Å². The van der Waals surface area contributed by atoms with Crippen LogP contribution < -0.4 is 10.6 Å². The molecule has 2 rings (SSSR count). The van der Waals surface area contributed by atoms with Gasteiger partial charge in [-0.25, -0.2) is 0 Å². The maximum atomic E-state index is 5.82. The van der Waals surface area contributed by atoms with Gasteiger partial charge in [-0.3, -0.25) is 4.98 Å². The van der Waals surface area contributed by atoms with Crippen molar-refractivity contribution in [2.45, 2.75) is 32.4 Å². The Morgan fingerprint density at radius 3 is 2.94 bits per heavy atom. The minimum Gasteiger partial charge on any atom is -0.370 e. The molecule has 4 nitrogen and oxygen atoms in total. The standard InChI is InChI=1S/C14H24N4/c1-11-7-14(12(8-15)9-16-11)18-6-4-5-13(10-18)17(2)3/h7,9,13H,4-6,8,10,15H2,1-3H3. The number of aromatic nitrogens is 1. The van der Waals surface area contributed by atoms with E-state index in [0.29, 0.717) is 12.6 Å². The first kappa shape index (κ1) is 13.3. The highest BCUT2D eigenvalue weighted by Gasteiger charge is 2.22. The molecule has 1 aliphatic rings.